The fourth-order valence-corrected chi connectivity index (χ4v) is 1.60. The quantitative estimate of drug-likeness (QED) is 0.772. The van der Waals surface area contributed by atoms with Crippen molar-refractivity contribution in [3.8, 4) is 5.88 Å². The van der Waals surface area contributed by atoms with E-state index < -0.39 is 17.9 Å². The molecule has 1 aromatic heterocycles. The van der Waals surface area contributed by atoms with Crippen LogP contribution in [0.2, 0.25) is 0 Å². The van der Waals surface area contributed by atoms with Gasteiger partial charge in [0.25, 0.3) is 0 Å². The predicted octanol–water partition coefficient (Wildman–Crippen LogP) is 1.12. The van der Waals surface area contributed by atoms with E-state index in [0.717, 1.165) is 0 Å². The molecule has 0 aliphatic rings. The molecule has 17 heavy (non-hydrogen) atoms. The van der Waals surface area contributed by atoms with Crippen molar-refractivity contribution < 1.29 is 24.5 Å². The highest BCUT2D eigenvalue weighted by Gasteiger charge is 2.22. The third kappa shape index (κ3) is 3.75. The summed E-state index contributed by atoms with van der Waals surface area (Å²) in [7, 11) is 1.41. The predicted molar refractivity (Wildman–Crippen MR) is 58.0 cm³/mol. The Balaban J connectivity index is 3.02. The van der Waals surface area contributed by atoms with Gasteiger partial charge in [-0.25, -0.2) is 4.98 Å². The van der Waals surface area contributed by atoms with Gasteiger partial charge >= 0.3 is 11.9 Å². The number of methoxy groups -OCH3 is 1. The van der Waals surface area contributed by atoms with Crippen molar-refractivity contribution in [1.82, 2.24) is 4.98 Å². The van der Waals surface area contributed by atoms with Gasteiger partial charge in [0, 0.05) is 17.7 Å². The smallest absolute Gasteiger partial charge is 0.303 e. The maximum absolute atomic E-state index is 10.7. The number of aromatic nitrogens is 1. The number of rotatable bonds is 6. The van der Waals surface area contributed by atoms with Crippen LogP contribution in [-0.4, -0.2) is 34.2 Å². The molecule has 0 fully saturated rings. The Labute approximate surface area is 97.9 Å². The average Bonchev–Trinajstić information content (AvgIpc) is 2.27. The van der Waals surface area contributed by atoms with E-state index in [2.05, 4.69) is 4.98 Å². The normalized spacial score (nSPS) is 10.2. The van der Waals surface area contributed by atoms with Crippen molar-refractivity contribution in [3.05, 3.63) is 23.9 Å². The number of carboxylic acids is 2. The summed E-state index contributed by atoms with van der Waals surface area (Å²) < 4.78 is 4.99. The molecule has 0 saturated carbocycles. The zero-order valence-electron chi connectivity index (χ0n) is 9.29. The molecule has 0 atom stereocenters. The second-order valence-corrected chi connectivity index (χ2v) is 3.49. The van der Waals surface area contributed by atoms with Crippen molar-refractivity contribution in [2.75, 3.05) is 7.11 Å². The molecule has 1 rings (SSSR count). The van der Waals surface area contributed by atoms with Gasteiger partial charge in [0.1, 0.15) is 0 Å². The van der Waals surface area contributed by atoms with Crippen molar-refractivity contribution in [2.24, 2.45) is 0 Å². The molecule has 6 nitrogen and oxygen atoms in total. The van der Waals surface area contributed by atoms with Gasteiger partial charge in [-0.3, -0.25) is 9.59 Å². The highest BCUT2D eigenvalue weighted by atomic mass is 16.5. The summed E-state index contributed by atoms with van der Waals surface area (Å²) in [6.07, 6.45) is 0.962. The number of hydrogen-bond donors (Lipinski definition) is 2. The van der Waals surface area contributed by atoms with Crippen LogP contribution in [0.3, 0.4) is 0 Å². The molecule has 0 unspecified atom stereocenters. The van der Waals surface area contributed by atoms with E-state index >= 15 is 0 Å². The summed E-state index contributed by atoms with van der Waals surface area (Å²) in [6.45, 7) is 0. The van der Waals surface area contributed by atoms with Crippen LogP contribution in [-0.2, 0) is 9.59 Å². The zero-order chi connectivity index (χ0) is 12.8. The van der Waals surface area contributed by atoms with Gasteiger partial charge in [-0.1, -0.05) is 6.07 Å². The number of aliphatic carboxylic acids is 2. The van der Waals surface area contributed by atoms with Gasteiger partial charge in [-0.15, -0.1) is 0 Å². The Morgan fingerprint density at radius 3 is 2.41 bits per heavy atom. The number of carbonyl (C=O) groups is 2. The van der Waals surface area contributed by atoms with Gasteiger partial charge in [-0.05, 0) is 6.07 Å². The molecular weight excluding hydrogens is 226 g/mol. The first-order valence-corrected chi connectivity index (χ1v) is 4.97. The Kier molecular flexibility index (Phi) is 4.45. The SMILES string of the molecule is COc1ncccc1C(CC(=O)O)CC(=O)O. The lowest BCUT2D eigenvalue weighted by atomic mass is 9.93. The highest BCUT2D eigenvalue weighted by molar-refractivity contribution is 5.72. The van der Waals surface area contributed by atoms with Crippen LogP contribution in [0.15, 0.2) is 18.3 Å². The fraction of sp³-hybridized carbons (Fsp3) is 0.364. The summed E-state index contributed by atoms with van der Waals surface area (Å²) in [6, 6.07) is 3.25. The van der Waals surface area contributed by atoms with Crippen LogP contribution >= 0.6 is 0 Å². The largest absolute Gasteiger partial charge is 0.481 e. The standard InChI is InChI=1S/C11H13NO5/c1-17-11-8(3-2-4-12-11)7(5-9(13)14)6-10(15)16/h2-4,7H,5-6H2,1H3,(H,13,14)(H,15,16). The number of hydrogen-bond acceptors (Lipinski definition) is 4. The van der Waals surface area contributed by atoms with E-state index in [0.29, 0.717) is 5.56 Å². The monoisotopic (exact) mass is 239 g/mol. The molecule has 0 amide bonds. The summed E-state index contributed by atoms with van der Waals surface area (Å²) in [5.41, 5.74) is 0.500. The van der Waals surface area contributed by atoms with E-state index in [-0.39, 0.29) is 18.7 Å². The van der Waals surface area contributed by atoms with Crippen molar-refractivity contribution in [2.45, 2.75) is 18.8 Å². The minimum atomic E-state index is -1.05. The van der Waals surface area contributed by atoms with Gasteiger partial charge < -0.3 is 14.9 Å². The lowest BCUT2D eigenvalue weighted by Crippen LogP contribution is -2.12. The van der Waals surface area contributed by atoms with Crippen LogP contribution < -0.4 is 4.74 Å². The average molecular weight is 239 g/mol. The molecule has 0 bridgehead atoms. The Morgan fingerprint density at radius 2 is 1.94 bits per heavy atom. The number of nitrogens with zero attached hydrogens (tertiary/aromatic N) is 1. The zero-order valence-corrected chi connectivity index (χ0v) is 9.29. The molecule has 0 spiro atoms. The molecule has 0 radical (unpaired) electrons. The minimum absolute atomic E-state index is 0.264. The Morgan fingerprint density at radius 1 is 1.35 bits per heavy atom. The van der Waals surface area contributed by atoms with Crippen LogP contribution in [0.4, 0.5) is 0 Å². The van der Waals surface area contributed by atoms with Gasteiger partial charge in [0.05, 0.1) is 20.0 Å². The molecule has 1 heterocycles. The lowest BCUT2D eigenvalue weighted by molar-refractivity contribution is -0.139. The van der Waals surface area contributed by atoms with Gasteiger partial charge in [0.15, 0.2) is 0 Å². The summed E-state index contributed by atoms with van der Waals surface area (Å²) >= 11 is 0. The van der Waals surface area contributed by atoms with Crippen LogP contribution in [0, 0.1) is 0 Å². The second kappa shape index (κ2) is 5.83. The van der Waals surface area contributed by atoms with E-state index in [1.165, 1.54) is 13.3 Å². The van der Waals surface area contributed by atoms with E-state index in [9.17, 15) is 9.59 Å². The first-order valence-electron chi connectivity index (χ1n) is 4.97. The van der Waals surface area contributed by atoms with Crippen molar-refractivity contribution in [1.29, 1.82) is 0 Å². The first kappa shape index (κ1) is 13.0. The van der Waals surface area contributed by atoms with Gasteiger partial charge in [-0.2, -0.15) is 0 Å². The van der Waals surface area contributed by atoms with Crippen LogP contribution in [0.5, 0.6) is 5.88 Å². The molecule has 0 aromatic carbocycles. The highest BCUT2D eigenvalue weighted by Crippen LogP contribution is 2.29. The maximum atomic E-state index is 10.7. The molecule has 0 aliphatic heterocycles. The number of pyridine rings is 1. The maximum Gasteiger partial charge on any atom is 0.303 e. The Hall–Kier alpha value is -2.11. The Bertz CT molecular complexity index is 402. The van der Waals surface area contributed by atoms with E-state index in [4.69, 9.17) is 14.9 Å². The van der Waals surface area contributed by atoms with E-state index in [1.54, 1.807) is 12.1 Å². The third-order valence-electron chi connectivity index (χ3n) is 2.28. The summed E-state index contributed by atoms with van der Waals surface area (Å²) in [4.78, 5) is 25.3. The van der Waals surface area contributed by atoms with Crippen LogP contribution in [0.25, 0.3) is 0 Å². The first-order chi connectivity index (χ1) is 8.04. The second-order valence-electron chi connectivity index (χ2n) is 3.49. The summed E-state index contributed by atoms with van der Waals surface area (Å²) in [5, 5.41) is 17.5. The van der Waals surface area contributed by atoms with Crippen LogP contribution in [0.1, 0.15) is 24.3 Å². The molecule has 0 aliphatic carbocycles. The number of carboxylic acid groups (broad SMARTS) is 2. The fourth-order valence-electron chi connectivity index (χ4n) is 1.60. The molecule has 0 saturated heterocycles. The van der Waals surface area contributed by atoms with E-state index in [1.807, 2.05) is 0 Å². The number of ether oxygens (including phenoxy) is 1. The van der Waals surface area contributed by atoms with Crippen molar-refractivity contribution in [3.63, 3.8) is 0 Å². The van der Waals surface area contributed by atoms with Crippen molar-refractivity contribution >= 4 is 11.9 Å². The summed E-state index contributed by atoms with van der Waals surface area (Å²) in [5.74, 6) is -2.49. The molecule has 92 valence electrons. The van der Waals surface area contributed by atoms with Gasteiger partial charge in [0.2, 0.25) is 5.88 Å². The lowest BCUT2D eigenvalue weighted by Gasteiger charge is -2.15. The minimum Gasteiger partial charge on any atom is -0.481 e. The molecule has 2 N–H and O–H groups in total. The molecule has 1 aromatic rings. The third-order valence-corrected chi connectivity index (χ3v) is 2.28. The topological polar surface area (TPSA) is 96.7 Å². The molecular formula is C11H13NO5. The molecule has 6 heteroatoms.